The second kappa shape index (κ2) is 8.39. The van der Waals surface area contributed by atoms with Gasteiger partial charge in [0, 0.05) is 31.0 Å². The predicted octanol–water partition coefficient (Wildman–Crippen LogP) is 1.15. The van der Waals surface area contributed by atoms with Crippen molar-refractivity contribution in [3.05, 3.63) is 24.0 Å². The molecule has 1 unspecified atom stereocenters. The second-order valence-corrected chi connectivity index (χ2v) is 7.55. The molecular weight excluding hydrogens is 306 g/mol. The Morgan fingerprint density at radius 2 is 2.19 bits per heavy atom. The van der Waals surface area contributed by atoms with Crippen molar-refractivity contribution >= 4 is 21.8 Å². The van der Waals surface area contributed by atoms with Crippen molar-refractivity contribution in [1.82, 2.24) is 9.29 Å². The lowest BCUT2D eigenvalue weighted by molar-refractivity contribution is 0.382. The van der Waals surface area contributed by atoms with E-state index in [1.165, 1.54) is 22.8 Å². The summed E-state index contributed by atoms with van der Waals surface area (Å²) in [5.74, 6) is 6.40. The van der Waals surface area contributed by atoms with Crippen LogP contribution in [0.5, 0.6) is 0 Å². The lowest BCUT2D eigenvalue weighted by Gasteiger charge is -2.24. The lowest BCUT2D eigenvalue weighted by atomic mass is 10.3. The number of hydrogen-bond donors (Lipinski definition) is 1. The summed E-state index contributed by atoms with van der Waals surface area (Å²) in [4.78, 5) is 4.11. The fraction of sp³-hybridized carbons (Fsp3) is 0.500. The molecule has 1 aromatic rings. The van der Waals surface area contributed by atoms with Gasteiger partial charge in [-0.25, -0.2) is 8.42 Å². The van der Waals surface area contributed by atoms with E-state index in [0.717, 1.165) is 12.2 Å². The molecule has 0 fully saturated rings. The molecule has 5 nitrogen and oxygen atoms in total. The second-order valence-electron chi connectivity index (χ2n) is 4.57. The predicted molar refractivity (Wildman–Crippen MR) is 87.6 cm³/mol. The van der Waals surface area contributed by atoms with Crippen LogP contribution in [0, 0.1) is 11.8 Å². The number of sulfonamides is 1. The summed E-state index contributed by atoms with van der Waals surface area (Å²) >= 11 is 1.70. The molecule has 1 rings (SSSR count). The summed E-state index contributed by atoms with van der Waals surface area (Å²) in [5, 5.41) is 0. The molecule has 0 aliphatic heterocycles. The largest absolute Gasteiger partial charge is 0.320 e. The Labute approximate surface area is 131 Å². The van der Waals surface area contributed by atoms with Crippen molar-refractivity contribution in [3.8, 4) is 11.8 Å². The number of nitrogens with two attached hydrogens (primary N) is 1. The van der Waals surface area contributed by atoms with Crippen molar-refractivity contribution in [3.63, 3.8) is 0 Å². The molecule has 1 aromatic heterocycles. The molecule has 0 aromatic carbocycles. The highest BCUT2D eigenvalue weighted by Gasteiger charge is 2.25. The van der Waals surface area contributed by atoms with Crippen LogP contribution in [-0.4, -0.2) is 49.3 Å². The van der Waals surface area contributed by atoms with E-state index >= 15 is 0 Å². The minimum absolute atomic E-state index is 0.0683. The molecule has 0 spiro atoms. The molecular formula is C14H21N3O2S2. The SMILES string of the molecule is CSCCC(C)N(C)S(=O)(=O)c1cncc(C#CCN)c1. The zero-order valence-electron chi connectivity index (χ0n) is 12.5. The first-order valence-corrected chi connectivity index (χ1v) is 9.37. The normalized spacial score (nSPS) is 12.8. The highest BCUT2D eigenvalue weighted by atomic mass is 32.2. The number of pyridine rings is 1. The van der Waals surface area contributed by atoms with E-state index < -0.39 is 10.0 Å². The smallest absolute Gasteiger partial charge is 0.244 e. The zero-order chi connectivity index (χ0) is 15.9. The van der Waals surface area contributed by atoms with Gasteiger partial charge in [-0.1, -0.05) is 11.8 Å². The summed E-state index contributed by atoms with van der Waals surface area (Å²) in [6.07, 6.45) is 5.68. The van der Waals surface area contributed by atoms with Gasteiger partial charge < -0.3 is 5.73 Å². The highest BCUT2D eigenvalue weighted by Crippen LogP contribution is 2.18. The van der Waals surface area contributed by atoms with Crippen molar-refractivity contribution in [2.24, 2.45) is 5.73 Å². The molecule has 0 amide bonds. The van der Waals surface area contributed by atoms with Crippen molar-refractivity contribution < 1.29 is 8.42 Å². The van der Waals surface area contributed by atoms with E-state index in [2.05, 4.69) is 16.8 Å². The molecule has 21 heavy (non-hydrogen) atoms. The first-order valence-electron chi connectivity index (χ1n) is 6.54. The number of hydrogen-bond acceptors (Lipinski definition) is 5. The van der Waals surface area contributed by atoms with Gasteiger partial charge in [-0.3, -0.25) is 4.98 Å². The molecule has 7 heteroatoms. The summed E-state index contributed by atoms with van der Waals surface area (Å²) in [6.45, 7) is 2.13. The number of nitrogens with zero attached hydrogens (tertiary/aromatic N) is 2. The molecule has 0 aliphatic rings. The molecule has 116 valence electrons. The number of rotatable bonds is 6. The maximum Gasteiger partial charge on any atom is 0.244 e. The van der Waals surface area contributed by atoms with Crippen LogP contribution < -0.4 is 5.73 Å². The van der Waals surface area contributed by atoms with Gasteiger partial charge in [0.2, 0.25) is 10.0 Å². The van der Waals surface area contributed by atoms with Crippen LogP contribution in [-0.2, 0) is 10.0 Å². The van der Waals surface area contributed by atoms with Gasteiger partial charge in [-0.05, 0) is 31.4 Å². The molecule has 1 heterocycles. The van der Waals surface area contributed by atoms with Crippen LogP contribution in [0.15, 0.2) is 23.4 Å². The third-order valence-electron chi connectivity index (χ3n) is 3.09. The van der Waals surface area contributed by atoms with Crippen LogP contribution in [0.4, 0.5) is 0 Å². The molecule has 0 bridgehead atoms. The first kappa shape index (κ1) is 18.0. The van der Waals surface area contributed by atoms with E-state index in [-0.39, 0.29) is 17.5 Å². The Kier molecular flexibility index (Phi) is 7.18. The minimum Gasteiger partial charge on any atom is -0.320 e. The van der Waals surface area contributed by atoms with E-state index in [0.29, 0.717) is 5.56 Å². The summed E-state index contributed by atoms with van der Waals surface area (Å²) in [6, 6.07) is 1.46. The van der Waals surface area contributed by atoms with Gasteiger partial charge >= 0.3 is 0 Å². The van der Waals surface area contributed by atoms with E-state index in [9.17, 15) is 8.42 Å². The highest BCUT2D eigenvalue weighted by molar-refractivity contribution is 7.98. The quantitative estimate of drug-likeness (QED) is 0.793. The van der Waals surface area contributed by atoms with Gasteiger partial charge in [0.05, 0.1) is 6.54 Å². The molecule has 0 saturated carbocycles. The Bertz CT molecular complexity index is 621. The molecule has 0 aliphatic carbocycles. The van der Waals surface area contributed by atoms with Crippen molar-refractivity contribution in [2.75, 3.05) is 25.6 Å². The van der Waals surface area contributed by atoms with E-state index in [1.54, 1.807) is 18.8 Å². The van der Waals surface area contributed by atoms with Gasteiger partial charge in [0.15, 0.2) is 0 Å². The maximum absolute atomic E-state index is 12.6. The molecule has 0 radical (unpaired) electrons. The Morgan fingerprint density at radius 3 is 2.81 bits per heavy atom. The lowest BCUT2D eigenvalue weighted by Crippen LogP contribution is -2.35. The summed E-state index contributed by atoms with van der Waals surface area (Å²) < 4.78 is 26.5. The van der Waals surface area contributed by atoms with Gasteiger partial charge in [-0.2, -0.15) is 16.1 Å². The van der Waals surface area contributed by atoms with Crippen molar-refractivity contribution in [2.45, 2.75) is 24.3 Å². The van der Waals surface area contributed by atoms with Crippen molar-refractivity contribution in [1.29, 1.82) is 0 Å². The molecule has 1 atom stereocenters. The topological polar surface area (TPSA) is 76.3 Å². The maximum atomic E-state index is 12.6. The minimum atomic E-state index is -3.55. The standard InChI is InChI=1S/C14H21N3O2S2/c1-12(6-8-20-3)17(2)21(18,19)14-9-13(5-4-7-15)10-16-11-14/h9-12H,6-8,15H2,1-3H3. The average molecular weight is 327 g/mol. The van der Waals surface area contributed by atoms with Crippen LogP contribution >= 0.6 is 11.8 Å². The Balaban J connectivity index is 3.01. The van der Waals surface area contributed by atoms with Crippen LogP contribution in [0.25, 0.3) is 0 Å². The van der Waals surface area contributed by atoms with E-state index in [1.807, 2.05) is 13.2 Å². The zero-order valence-corrected chi connectivity index (χ0v) is 14.2. The summed E-state index contributed by atoms with van der Waals surface area (Å²) in [7, 11) is -1.96. The first-order chi connectivity index (χ1) is 9.93. The fourth-order valence-electron chi connectivity index (χ4n) is 1.65. The monoisotopic (exact) mass is 327 g/mol. The summed E-state index contributed by atoms with van der Waals surface area (Å²) in [5.41, 5.74) is 5.86. The van der Waals surface area contributed by atoms with Gasteiger partial charge in [0.25, 0.3) is 0 Å². The third-order valence-corrected chi connectivity index (χ3v) is 5.67. The third kappa shape index (κ3) is 5.00. The van der Waals surface area contributed by atoms with Crippen LogP contribution in [0.2, 0.25) is 0 Å². The Hall–Kier alpha value is -1.07. The average Bonchev–Trinajstić information content (AvgIpc) is 2.50. The van der Waals surface area contributed by atoms with Crippen LogP contribution in [0.3, 0.4) is 0 Å². The number of aromatic nitrogens is 1. The van der Waals surface area contributed by atoms with E-state index in [4.69, 9.17) is 5.73 Å². The van der Waals surface area contributed by atoms with Gasteiger partial charge in [-0.15, -0.1) is 0 Å². The molecule has 2 N–H and O–H groups in total. The fourth-order valence-corrected chi connectivity index (χ4v) is 3.61. The molecule has 0 saturated heterocycles. The number of thioether (sulfide) groups is 1. The van der Waals surface area contributed by atoms with Gasteiger partial charge in [0.1, 0.15) is 4.90 Å². The Morgan fingerprint density at radius 1 is 1.48 bits per heavy atom. The van der Waals surface area contributed by atoms with Crippen LogP contribution in [0.1, 0.15) is 18.9 Å².